The van der Waals surface area contributed by atoms with Crippen LogP contribution in [0.3, 0.4) is 0 Å². The standard InChI is InChI=1S/C15H17BrN4/c1-17-8-7-13-14(16)15(20(2)19-13)11-9-18-12-6-4-3-5-10(11)12/h3-6,9,17-18H,7-8H2,1-2H3. The Bertz CT molecular complexity index is 741. The summed E-state index contributed by atoms with van der Waals surface area (Å²) in [7, 11) is 3.95. The van der Waals surface area contributed by atoms with Gasteiger partial charge in [0, 0.05) is 42.7 Å². The van der Waals surface area contributed by atoms with Crippen LogP contribution in [-0.4, -0.2) is 28.4 Å². The number of nitrogens with one attached hydrogen (secondary N) is 2. The Morgan fingerprint density at radius 1 is 1.35 bits per heavy atom. The summed E-state index contributed by atoms with van der Waals surface area (Å²) in [5.41, 5.74) is 4.53. The van der Waals surface area contributed by atoms with E-state index in [1.165, 1.54) is 10.9 Å². The van der Waals surface area contributed by atoms with Gasteiger partial charge in [0.1, 0.15) is 0 Å². The van der Waals surface area contributed by atoms with Gasteiger partial charge in [0.15, 0.2) is 0 Å². The molecule has 0 aliphatic rings. The van der Waals surface area contributed by atoms with Crippen molar-refractivity contribution < 1.29 is 0 Å². The normalized spacial score (nSPS) is 11.3. The summed E-state index contributed by atoms with van der Waals surface area (Å²) < 4.78 is 3.03. The van der Waals surface area contributed by atoms with E-state index in [4.69, 9.17) is 0 Å². The summed E-state index contributed by atoms with van der Waals surface area (Å²) in [5, 5.41) is 9.01. The lowest BCUT2D eigenvalue weighted by molar-refractivity contribution is 0.720. The number of fused-ring (bicyclic) bond motifs is 1. The van der Waals surface area contributed by atoms with Gasteiger partial charge in [-0.05, 0) is 29.0 Å². The lowest BCUT2D eigenvalue weighted by atomic mass is 10.1. The molecule has 0 atom stereocenters. The molecule has 3 rings (SSSR count). The van der Waals surface area contributed by atoms with Gasteiger partial charge in [-0.1, -0.05) is 18.2 Å². The number of para-hydroxylation sites is 1. The molecule has 2 heterocycles. The highest BCUT2D eigenvalue weighted by molar-refractivity contribution is 9.10. The molecular formula is C15H17BrN4. The first kappa shape index (κ1) is 13.4. The van der Waals surface area contributed by atoms with Crippen molar-refractivity contribution in [1.82, 2.24) is 20.1 Å². The van der Waals surface area contributed by atoms with Crippen molar-refractivity contribution in [2.45, 2.75) is 6.42 Å². The van der Waals surface area contributed by atoms with Gasteiger partial charge in [-0.3, -0.25) is 4.68 Å². The highest BCUT2D eigenvalue weighted by Gasteiger charge is 2.17. The van der Waals surface area contributed by atoms with Gasteiger partial charge < -0.3 is 10.3 Å². The van der Waals surface area contributed by atoms with Crippen molar-refractivity contribution in [3.63, 3.8) is 0 Å². The number of rotatable bonds is 4. The van der Waals surface area contributed by atoms with Crippen LogP contribution in [0.1, 0.15) is 5.69 Å². The third-order valence-electron chi connectivity index (χ3n) is 3.51. The molecule has 2 N–H and O–H groups in total. The second-order valence-corrected chi connectivity index (χ2v) is 5.63. The van der Waals surface area contributed by atoms with Crippen LogP contribution in [0.25, 0.3) is 22.2 Å². The average molecular weight is 333 g/mol. The van der Waals surface area contributed by atoms with Crippen molar-refractivity contribution in [3.8, 4) is 11.3 Å². The summed E-state index contributed by atoms with van der Waals surface area (Å²) in [6.45, 7) is 0.920. The molecule has 0 radical (unpaired) electrons. The van der Waals surface area contributed by atoms with Gasteiger partial charge in [0.25, 0.3) is 0 Å². The van der Waals surface area contributed by atoms with Gasteiger partial charge in [0.2, 0.25) is 0 Å². The van der Waals surface area contributed by atoms with Crippen LogP contribution in [0.5, 0.6) is 0 Å². The first-order chi connectivity index (χ1) is 9.72. The lowest BCUT2D eigenvalue weighted by Crippen LogP contribution is -2.11. The molecule has 0 aliphatic heterocycles. The highest BCUT2D eigenvalue weighted by atomic mass is 79.9. The van der Waals surface area contributed by atoms with Crippen LogP contribution >= 0.6 is 15.9 Å². The summed E-state index contributed by atoms with van der Waals surface area (Å²) in [5.74, 6) is 0. The molecule has 5 heteroatoms. The largest absolute Gasteiger partial charge is 0.360 e. The minimum Gasteiger partial charge on any atom is -0.360 e. The molecule has 104 valence electrons. The fourth-order valence-corrected chi connectivity index (χ4v) is 3.26. The fourth-order valence-electron chi connectivity index (χ4n) is 2.52. The predicted molar refractivity (Wildman–Crippen MR) is 85.8 cm³/mol. The maximum atomic E-state index is 4.63. The van der Waals surface area contributed by atoms with E-state index in [1.54, 1.807) is 0 Å². The molecule has 20 heavy (non-hydrogen) atoms. The number of halogens is 1. The molecule has 2 aromatic heterocycles. The zero-order valence-corrected chi connectivity index (χ0v) is 13.2. The zero-order chi connectivity index (χ0) is 14.1. The predicted octanol–water partition coefficient (Wildman–Crippen LogP) is 3.09. The average Bonchev–Trinajstić information content (AvgIpc) is 2.98. The summed E-state index contributed by atoms with van der Waals surface area (Å²) in [6.07, 6.45) is 2.96. The molecule has 0 aliphatic carbocycles. The van der Waals surface area contributed by atoms with Gasteiger partial charge in [-0.15, -0.1) is 0 Å². The van der Waals surface area contributed by atoms with Crippen molar-refractivity contribution in [1.29, 1.82) is 0 Å². The van der Waals surface area contributed by atoms with Crippen LogP contribution in [-0.2, 0) is 13.5 Å². The SMILES string of the molecule is CNCCc1nn(C)c(-c2c[nH]c3ccccc23)c1Br. The van der Waals surface area contributed by atoms with Crippen LogP contribution in [0.2, 0.25) is 0 Å². The zero-order valence-electron chi connectivity index (χ0n) is 11.6. The maximum absolute atomic E-state index is 4.63. The topological polar surface area (TPSA) is 45.6 Å². The van der Waals surface area contributed by atoms with Gasteiger partial charge in [0.05, 0.1) is 15.9 Å². The number of benzene rings is 1. The van der Waals surface area contributed by atoms with E-state index < -0.39 is 0 Å². The monoisotopic (exact) mass is 332 g/mol. The number of aromatic amines is 1. The van der Waals surface area contributed by atoms with E-state index in [9.17, 15) is 0 Å². The minimum absolute atomic E-state index is 0.910. The molecule has 0 saturated carbocycles. The molecule has 0 unspecified atom stereocenters. The molecule has 0 bridgehead atoms. The Morgan fingerprint density at radius 2 is 2.15 bits per heavy atom. The Balaban J connectivity index is 2.12. The summed E-state index contributed by atoms with van der Waals surface area (Å²) in [4.78, 5) is 3.32. The van der Waals surface area contributed by atoms with Gasteiger partial charge >= 0.3 is 0 Å². The molecule has 0 spiro atoms. The smallest absolute Gasteiger partial charge is 0.0845 e. The Morgan fingerprint density at radius 3 is 2.95 bits per heavy atom. The van der Waals surface area contributed by atoms with Crippen LogP contribution in [0.4, 0.5) is 0 Å². The van der Waals surface area contributed by atoms with E-state index in [0.717, 1.165) is 34.3 Å². The summed E-state index contributed by atoms with van der Waals surface area (Å²) >= 11 is 3.71. The first-order valence-corrected chi connectivity index (χ1v) is 7.44. The third-order valence-corrected chi connectivity index (χ3v) is 4.35. The second-order valence-electron chi connectivity index (χ2n) is 4.83. The number of aryl methyl sites for hydroxylation is 1. The molecular weight excluding hydrogens is 316 g/mol. The first-order valence-electron chi connectivity index (χ1n) is 6.65. The summed E-state index contributed by atoms with van der Waals surface area (Å²) in [6, 6.07) is 8.32. The van der Waals surface area contributed by atoms with Crippen molar-refractivity contribution in [2.24, 2.45) is 7.05 Å². The van der Waals surface area contributed by atoms with Crippen LogP contribution in [0, 0.1) is 0 Å². The van der Waals surface area contributed by atoms with Crippen LogP contribution < -0.4 is 5.32 Å². The number of H-pyrrole nitrogens is 1. The molecule has 0 fully saturated rings. The molecule has 0 saturated heterocycles. The van der Waals surface area contributed by atoms with Crippen molar-refractivity contribution >= 4 is 26.8 Å². The Labute approximate surface area is 126 Å². The minimum atomic E-state index is 0.910. The van der Waals surface area contributed by atoms with Crippen molar-refractivity contribution in [2.75, 3.05) is 13.6 Å². The Hall–Kier alpha value is -1.59. The van der Waals surface area contributed by atoms with Crippen molar-refractivity contribution in [3.05, 3.63) is 40.6 Å². The van der Waals surface area contributed by atoms with E-state index >= 15 is 0 Å². The fraction of sp³-hybridized carbons (Fsp3) is 0.267. The molecule has 0 amide bonds. The van der Waals surface area contributed by atoms with Gasteiger partial charge in [-0.2, -0.15) is 5.10 Å². The molecule has 4 nitrogen and oxygen atoms in total. The molecule has 3 aromatic rings. The number of nitrogens with zero attached hydrogens (tertiary/aromatic N) is 2. The second kappa shape index (κ2) is 5.42. The number of hydrogen-bond acceptors (Lipinski definition) is 2. The van der Waals surface area contributed by atoms with Gasteiger partial charge in [-0.25, -0.2) is 0 Å². The molecule has 1 aromatic carbocycles. The maximum Gasteiger partial charge on any atom is 0.0845 e. The highest BCUT2D eigenvalue weighted by Crippen LogP contribution is 2.35. The number of likely N-dealkylation sites (N-methyl/N-ethyl adjacent to an activating group) is 1. The third kappa shape index (κ3) is 2.17. The number of aromatic nitrogens is 3. The van der Waals surface area contributed by atoms with E-state index in [-0.39, 0.29) is 0 Å². The lowest BCUT2D eigenvalue weighted by Gasteiger charge is -2.01. The van der Waals surface area contributed by atoms with E-state index in [1.807, 2.05) is 31.0 Å². The Kier molecular flexibility index (Phi) is 3.63. The van der Waals surface area contributed by atoms with Crippen LogP contribution in [0.15, 0.2) is 34.9 Å². The number of hydrogen-bond donors (Lipinski definition) is 2. The quantitative estimate of drug-likeness (QED) is 0.771. The van der Waals surface area contributed by atoms with E-state index in [0.29, 0.717) is 0 Å². The van der Waals surface area contributed by atoms with E-state index in [2.05, 4.69) is 49.5 Å².